The van der Waals surface area contributed by atoms with Gasteiger partial charge in [0, 0.05) is 23.5 Å². The van der Waals surface area contributed by atoms with Crippen LogP contribution in [0.2, 0.25) is 0 Å². The second-order valence-electron chi connectivity index (χ2n) is 4.10. The molecule has 0 radical (unpaired) electrons. The predicted molar refractivity (Wildman–Crippen MR) is 70.0 cm³/mol. The number of carbonyl (C=O) groups is 1. The Balaban J connectivity index is 1.92. The third-order valence-electron chi connectivity index (χ3n) is 2.63. The molecule has 0 bridgehead atoms. The Kier molecular flexibility index (Phi) is 4.68. The second-order valence-corrected chi connectivity index (χ2v) is 4.96. The maximum Gasteiger partial charge on any atom is 0.226 e. The number of carbonyl (C=O) groups excluding carboxylic acids is 1. The Labute approximate surface area is 113 Å². The molecule has 1 aliphatic heterocycles. The SMILES string of the molecule is O=C(CC1COCCN1)Nc1cc(F)ccc1Br. The number of rotatable bonds is 3. The van der Waals surface area contributed by atoms with Crippen LogP contribution in [-0.2, 0) is 9.53 Å². The van der Waals surface area contributed by atoms with E-state index in [0.717, 1.165) is 6.54 Å². The van der Waals surface area contributed by atoms with Crippen molar-refractivity contribution < 1.29 is 13.9 Å². The van der Waals surface area contributed by atoms with E-state index in [1.165, 1.54) is 12.1 Å². The van der Waals surface area contributed by atoms with Crippen LogP contribution in [0.5, 0.6) is 0 Å². The van der Waals surface area contributed by atoms with Gasteiger partial charge in [-0.25, -0.2) is 4.39 Å². The van der Waals surface area contributed by atoms with Gasteiger partial charge in [-0.3, -0.25) is 4.79 Å². The monoisotopic (exact) mass is 316 g/mol. The normalized spacial score (nSPS) is 19.6. The molecule has 1 heterocycles. The minimum absolute atomic E-state index is 0.0195. The van der Waals surface area contributed by atoms with Crippen LogP contribution in [0.3, 0.4) is 0 Å². The molecule has 18 heavy (non-hydrogen) atoms. The Morgan fingerprint density at radius 1 is 1.61 bits per heavy atom. The quantitative estimate of drug-likeness (QED) is 0.895. The maximum atomic E-state index is 13.1. The number of hydrogen-bond acceptors (Lipinski definition) is 3. The summed E-state index contributed by atoms with van der Waals surface area (Å²) in [6.07, 6.45) is 0.308. The van der Waals surface area contributed by atoms with Gasteiger partial charge in [0.1, 0.15) is 5.82 Å². The lowest BCUT2D eigenvalue weighted by atomic mass is 10.2. The molecule has 0 aliphatic carbocycles. The summed E-state index contributed by atoms with van der Waals surface area (Å²) in [6, 6.07) is 4.20. The molecule has 1 aliphatic rings. The molecule has 6 heteroatoms. The van der Waals surface area contributed by atoms with Crippen molar-refractivity contribution in [3.05, 3.63) is 28.5 Å². The van der Waals surface area contributed by atoms with Crippen molar-refractivity contribution in [2.75, 3.05) is 25.1 Å². The highest BCUT2D eigenvalue weighted by Crippen LogP contribution is 2.23. The molecule has 1 aromatic rings. The number of nitrogens with one attached hydrogen (secondary N) is 2. The first-order valence-corrected chi connectivity index (χ1v) is 6.50. The van der Waals surface area contributed by atoms with E-state index < -0.39 is 0 Å². The molecule has 1 fully saturated rings. The van der Waals surface area contributed by atoms with Crippen LogP contribution in [0.4, 0.5) is 10.1 Å². The van der Waals surface area contributed by atoms with Crippen molar-refractivity contribution in [1.82, 2.24) is 5.32 Å². The summed E-state index contributed by atoms with van der Waals surface area (Å²) in [7, 11) is 0. The second kappa shape index (κ2) is 6.26. The first-order valence-electron chi connectivity index (χ1n) is 5.71. The van der Waals surface area contributed by atoms with Gasteiger partial charge >= 0.3 is 0 Å². The highest BCUT2D eigenvalue weighted by atomic mass is 79.9. The van der Waals surface area contributed by atoms with Gasteiger partial charge in [-0.1, -0.05) is 0 Å². The lowest BCUT2D eigenvalue weighted by Gasteiger charge is -2.23. The number of halogens is 2. The fourth-order valence-corrected chi connectivity index (χ4v) is 2.11. The third kappa shape index (κ3) is 3.76. The van der Waals surface area contributed by atoms with Gasteiger partial charge in [-0.15, -0.1) is 0 Å². The highest BCUT2D eigenvalue weighted by molar-refractivity contribution is 9.10. The smallest absolute Gasteiger partial charge is 0.226 e. The van der Waals surface area contributed by atoms with Crippen molar-refractivity contribution in [3.8, 4) is 0 Å². The molecular formula is C12H14BrFN2O2. The van der Waals surface area contributed by atoms with Crippen molar-refractivity contribution in [3.63, 3.8) is 0 Å². The summed E-state index contributed by atoms with van der Waals surface area (Å²) in [5.74, 6) is -0.545. The van der Waals surface area contributed by atoms with Gasteiger partial charge in [0.15, 0.2) is 0 Å². The van der Waals surface area contributed by atoms with Gasteiger partial charge in [-0.05, 0) is 34.1 Å². The number of hydrogen-bond donors (Lipinski definition) is 2. The number of amides is 1. The zero-order valence-electron chi connectivity index (χ0n) is 9.71. The van der Waals surface area contributed by atoms with Crippen molar-refractivity contribution in [1.29, 1.82) is 0 Å². The summed E-state index contributed by atoms with van der Waals surface area (Å²) in [5, 5.41) is 5.87. The molecule has 98 valence electrons. The van der Waals surface area contributed by atoms with Crippen LogP contribution in [-0.4, -0.2) is 31.7 Å². The van der Waals surface area contributed by atoms with Crippen molar-refractivity contribution in [2.45, 2.75) is 12.5 Å². The van der Waals surface area contributed by atoms with Crippen molar-refractivity contribution in [2.24, 2.45) is 0 Å². The fourth-order valence-electron chi connectivity index (χ4n) is 1.77. The average Bonchev–Trinajstić information content (AvgIpc) is 2.35. The largest absolute Gasteiger partial charge is 0.378 e. The summed E-state index contributed by atoms with van der Waals surface area (Å²) in [6.45, 7) is 1.95. The molecule has 0 spiro atoms. The van der Waals surface area contributed by atoms with E-state index in [9.17, 15) is 9.18 Å². The summed E-state index contributed by atoms with van der Waals surface area (Å²) < 4.78 is 19.0. The van der Waals surface area contributed by atoms with Crippen LogP contribution in [0.15, 0.2) is 22.7 Å². The van der Waals surface area contributed by atoms with Crippen LogP contribution in [0, 0.1) is 5.82 Å². The van der Waals surface area contributed by atoms with E-state index in [-0.39, 0.29) is 17.8 Å². The first kappa shape index (κ1) is 13.5. The number of ether oxygens (including phenoxy) is 1. The molecule has 1 aromatic carbocycles. The molecule has 1 saturated heterocycles. The Bertz CT molecular complexity index is 436. The number of benzene rings is 1. The molecule has 1 unspecified atom stereocenters. The van der Waals surface area contributed by atoms with E-state index >= 15 is 0 Å². The standard InChI is InChI=1S/C12H14BrFN2O2/c13-10-2-1-8(14)5-11(10)16-12(17)6-9-7-18-4-3-15-9/h1-2,5,9,15H,3-4,6-7H2,(H,16,17). The lowest BCUT2D eigenvalue weighted by Crippen LogP contribution is -2.43. The van der Waals surface area contributed by atoms with Crippen LogP contribution < -0.4 is 10.6 Å². The molecule has 2 rings (SSSR count). The molecule has 4 nitrogen and oxygen atoms in total. The Morgan fingerprint density at radius 3 is 3.17 bits per heavy atom. The number of anilines is 1. The van der Waals surface area contributed by atoms with Gasteiger partial charge in [0.05, 0.1) is 18.9 Å². The summed E-state index contributed by atoms with van der Waals surface area (Å²) in [5.41, 5.74) is 0.441. The third-order valence-corrected chi connectivity index (χ3v) is 3.32. The molecule has 2 N–H and O–H groups in total. The molecule has 1 atom stereocenters. The highest BCUT2D eigenvalue weighted by Gasteiger charge is 2.17. The fraction of sp³-hybridized carbons (Fsp3) is 0.417. The summed E-state index contributed by atoms with van der Waals surface area (Å²) >= 11 is 3.26. The van der Waals surface area contributed by atoms with Crippen LogP contribution >= 0.6 is 15.9 Å². The maximum absolute atomic E-state index is 13.1. The molecule has 1 amide bonds. The predicted octanol–water partition coefficient (Wildman–Crippen LogP) is 1.91. The van der Waals surface area contributed by atoms with Crippen molar-refractivity contribution >= 4 is 27.5 Å². The zero-order chi connectivity index (χ0) is 13.0. The van der Waals surface area contributed by atoms with Gasteiger partial charge in [0.25, 0.3) is 0 Å². The average molecular weight is 317 g/mol. The van der Waals surface area contributed by atoms with Gasteiger partial charge in [-0.2, -0.15) is 0 Å². The topological polar surface area (TPSA) is 50.4 Å². The lowest BCUT2D eigenvalue weighted by molar-refractivity contribution is -0.117. The van der Waals surface area contributed by atoms with E-state index in [0.29, 0.717) is 29.8 Å². The minimum atomic E-state index is -0.382. The summed E-state index contributed by atoms with van der Waals surface area (Å²) in [4.78, 5) is 11.8. The van der Waals surface area contributed by atoms with Crippen LogP contribution in [0.1, 0.15) is 6.42 Å². The van der Waals surface area contributed by atoms with Gasteiger partial charge in [0.2, 0.25) is 5.91 Å². The van der Waals surface area contributed by atoms with Gasteiger partial charge < -0.3 is 15.4 Å². The zero-order valence-corrected chi connectivity index (χ0v) is 11.3. The Morgan fingerprint density at radius 2 is 2.44 bits per heavy atom. The van der Waals surface area contributed by atoms with E-state index in [1.54, 1.807) is 6.07 Å². The van der Waals surface area contributed by atoms with E-state index in [1.807, 2.05) is 0 Å². The van der Waals surface area contributed by atoms with E-state index in [2.05, 4.69) is 26.6 Å². The van der Waals surface area contributed by atoms with Crippen LogP contribution in [0.25, 0.3) is 0 Å². The minimum Gasteiger partial charge on any atom is -0.378 e. The Hall–Kier alpha value is -0.980. The first-order chi connectivity index (χ1) is 8.65. The molecule has 0 saturated carbocycles. The number of morpholine rings is 1. The molecular weight excluding hydrogens is 303 g/mol. The van der Waals surface area contributed by atoms with E-state index in [4.69, 9.17) is 4.74 Å². The molecule has 0 aromatic heterocycles.